The van der Waals surface area contributed by atoms with Gasteiger partial charge in [-0.3, -0.25) is 0 Å². The number of nitrogens with one attached hydrogen (secondary N) is 1. The van der Waals surface area contributed by atoms with Gasteiger partial charge in [0, 0.05) is 13.0 Å². The van der Waals surface area contributed by atoms with E-state index in [2.05, 4.69) is 5.32 Å². The Labute approximate surface area is 155 Å². The molecule has 4 nitrogen and oxygen atoms in total. The molecule has 0 aromatic rings. The van der Waals surface area contributed by atoms with Crippen LogP contribution in [0.4, 0.5) is 4.79 Å². The molecule has 1 heterocycles. The van der Waals surface area contributed by atoms with E-state index >= 15 is 0 Å². The fourth-order valence-electron chi connectivity index (χ4n) is 9.18. The van der Waals surface area contributed by atoms with E-state index in [0.717, 1.165) is 35.5 Å². The molecule has 4 heteroatoms. The summed E-state index contributed by atoms with van der Waals surface area (Å²) < 4.78 is 0. The maximum absolute atomic E-state index is 12.8. The Morgan fingerprint density at radius 3 is 2.42 bits per heavy atom. The molecule has 26 heavy (non-hydrogen) atoms. The van der Waals surface area contributed by atoms with Gasteiger partial charge in [-0.25, -0.2) is 9.80 Å². The Hall–Kier alpha value is -1.32. The molecule has 6 aliphatic carbocycles. The van der Waals surface area contributed by atoms with E-state index < -0.39 is 0 Å². The van der Waals surface area contributed by atoms with Crippen LogP contribution in [-0.4, -0.2) is 29.8 Å². The van der Waals surface area contributed by atoms with Crippen molar-refractivity contribution in [2.24, 2.45) is 52.4 Å². The molecule has 1 aliphatic heterocycles. The molecule has 0 spiro atoms. The Balaban J connectivity index is 1.44. The van der Waals surface area contributed by atoms with Crippen LogP contribution in [0.1, 0.15) is 51.4 Å². The van der Waals surface area contributed by atoms with Crippen LogP contribution in [-0.2, 0) is 0 Å². The Kier molecular flexibility index (Phi) is 2.68. The van der Waals surface area contributed by atoms with Gasteiger partial charge in [0.25, 0.3) is 0 Å². The summed E-state index contributed by atoms with van der Waals surface area (Å²) in [6.07, 6.45) is 11.1. The summed E-state index contributed by atoms with van der Waals surface area (Å²) >= 11 is 0. The first-order valence-electron chi connectivity index (χ1n) is 11.1. The number of urea groups is 1. The van der Waals surface area contributed by atoms with Crippen molar-refractivity contribution < 1.29 is 4.79 Å². The predicted molar refractivity (Wildman–Crippen MR) is 99.4 cm³/mol. The lowest BCUT2D eigenvalue weighted by molar-refractivity contribution is 0.165. The largest absolute Gasteiger partial charge is 0.340 e. The smallest absolute Gasteiger partial charge is 0.338 e. The molecular formula is C22H29N3O. The number of rotatable bonds is 0. The van der Waals surface area contributed by atoms with Crippen molar-refractivity contribution in [3.8, 4) is 0 Å². The molecule has 0 unspecified atom stereocenters. The standard InChI is InChI=1S/C22H29N3O/c1-23-22(26)25-21-15-9-5-11-3-7-13(17(11)15)19(21)18-12-6-2-10-4-8-14(16(10)12)20(18)24-25/h10-17,21H,2-9H2,1H3,(H,23,26)/t10-,11+,12+,13-,14-,15+,16+,17-,21+/m0/s1. The molecule has 2 amide bonds. The Bertz CT molecular complexity index is 769. The lowest BCUT2D eigenvalue weighted by Gasteiger charge is -2.36. The van der Waals surface area contributed by atoms with Gasteiger partial charge in [0.1, 0.15) is 0 Å². The molecule has 6 saturated carbocycles. The van der Waals surface area contributed by atoms with E-state index in [1.54, 1.807) is 18.2 Å². The van der Waals surface area contributed by atoms with Crippen LogP contribution in [0.25, 0.3) is 0 Å². The van der Waals surface area contributed by atoms with Gasteiger partial charge >= 0.3 is 6.03 Å². The molecule has 0 bridgehead atoms. The van der Waals surface area contributed by atoms with Gasteiger partial charge in [-0.05, 0) is 104 Å². The zero-order valence-corrected chi connectivity index (χ0v) is 15.7. The minimum atomic E-state index is 0.0223. The molecule has 6 fully saturated rings. The van der Waals surface area contributed by atoms with E-state index in [1.807, 2.05) is 5.01 Å². The van der Waals surface area contributed by atoms with E-state index in [1.165, 1.54) is 57.1 Å². The quantitative estimate of drug-likeness (QED) is 0.709. The van der Waals surface area contributed by atoms with Crippen LogP contribution in [0.2, 0.25) is 0 Å². The third kappa shape index (κ3) is 1.49. The molecule has 0 aromatic heterocycles. The maximum atomic E-state index is 12.8. The molecule has 0 saturated heterocycles. The number of carbonyl (C=O) groups is 1. The van der Waals surface area contributed by atoms with Crippen LogP contribution in [0.3, 0.4) is 0 Å². The lowest BCUT2D eigenvalue weighted by Crippen LogP contribution is -2.47. The van der Waals surface area contributed by atoms with E-state index in [-0.39, 0.29) is 12.1 Å². The van der Waals surface area contributed by atoms with Crippen LogP contribution in [0.15, 0.2) is 16.2 Å². The number of hydrogen-bond acceptors (Lipinski definition) is 2. The maximum Gasteiger partial charge on any atom is 0.338 e. The van der Waals surface area contributed by atoms with Gasteiger partial charge in [0.15, 0.2) is 0 Å². The van der Waals surface area contributed by atoms with Gasteiger partial charge in [-0.2, -0.15) is 5.10 Å². The van der Waals surface area contributed by atoms with Gasteiger partial charge in [-0.1, -0.05) is 0 Å². The molecular weight excluding hydrogens is 322 g/mol. The van der Waals surface area contributed by atoms with E-state index in [9.17, 15) is 4.79 Å². The van der Waals surface area contributed by atoms with Crippen molar-refractivity contribution in [2.75, 3.05) is 7.05 Å². The molecule has 0 aromatic carbocycles. The molecule has 7 aliphatic rings. The number of fused-ring (bicyclic) bond motifs is 6. The third-order valence-corrected chi connectivity index (χ3v) is 9.73. The second-order valence-corrected chi connectivity index (χ2v) is 10.2. The topological polar surface area (TPSA) is 44.7 Å². The number of carbonyl (C=O) groups excluding carboxylic acids is 1. The molecule has 7 rings (SSSR count). The summed E-state index contributed by atoms with van der Waals surface area (Å²) in [5, 5.41) is 9.97. The van der Waals surface area contributed by atoms with Crippen LogP contribution < -0.4 is 5.32 Å². The summed E-state index contributed by atoms with van der Waals surface area (Å²) in [7, 11) is 1.77. The second kappa shape index (κ2) is 4.74. The summed E-state index contributed by atoms with van der Waals surface area (Å²) in [5.41, 5.74) is 4.78. The predicted octanol–water partition coefficient (Wildman–Crippen LogP) is 3.79. The van der Waals surface area contributed by atoms with Crippen molar-refractivity contribution in [1.82, 2.24) is 10.3 Å². The monoisotopic (exact) mass is 351 g/mol. The Morgan fingerprint density at radius 2 is 1.62 bits per heavy atom. The highest BCUT2D eigenvalue weighted by atomic mass is 16.2. The van der Waals surface area contributed by atoms with Gasteiger partial charge in [0.05, 0.1) is 11.8 Å². The van der Waals surface area contributed by atoms with Crippen molar-refractivity contribution in [3.05, 3.63) is 11.1 Å². The number of hydrogen-bond donors (Lipinski definition) is 1. The third-order valence-electron chi connectivity index (χ3n) is 9.73. The van der Waals surface area contributed by atoms with Crippen LogP contribution in [0, 0.1) is 47.3 Å². The van der Waals surface area contributed by atoms with Crippen molar-refractivity contribution in [2.45, 2.75) is 57.4 Å². The number of amides is 2. The number of nitrogens with zero attached hydrogens (tertiary/aromatic N) is 2. The second-order valence-electron chi connectivity index (χ2n) is 10.2. The van der Waals surface area contributed by atoms with Gasteiger partial charge in [0.2, 0.25) is 0 Å². The summed E-state index contributed by atoms with van der Waals surface area (Å²) in [6.45, 7) is 0. The van der Waals surface area contributed by atoms with Crippen molar-refractivity contribution >= 4 is 11.7 Å². The first-order valence-corrected chi connectivity index (χ1v) is 11.1. The average Bonchev–Trinajstić information content (AvgIpc) is 3.43. The highest BCUT2D eigenvalue weighted by Gasteiger charge is 2.64. The molecule has 9 atom stereocenters. The van der Waals surface area contributed by atoms with Crippen molar-refractivity contribution in [1.29, 1.82) is 0 Å². The average molecular weight is 351 g/mol. The normalized spacial score (nSPS) is 52.1. The SMILES string of the molecule is CNC(=O)N1N=C2C(=C3[C@H]4CC[C@@H]5CC[C@H]([C@@H]54)[C@H]31)[C@@H]1CC[C@H]3CC[C@H]2[C@H]31. The first kappa shape index (κ1) is 14.7. The molecule has 1 N–H and O–H groups in total. The van der Waals surface area contributed by atoms with Gasteiger partial charge in [-0.15, -0.1) is 0 Å². The summed E-state index contributed by atoms with van der Waals surface area (Å²) in [5.74, 6) is 6.46. The zero-order valence-electron chi connectivity index (χ0n) is 15.7. The van der Waals surface area contributed by atoms with Gasteiger partial charge < -0.3 is 5.32 Å². The Morgan fingerprint density at radius 1 is 0.923 bits per heavy atom. The zero-order chi connectivity index (χ0) is 17.2. The minimum Gasteiger partial charge on any atom is -0.340 e. The fraction of sp³-hybridized carbons (Fsp3) is 0.818. The molecule has 0 radical (unpaired) electrons. The van der Waals surface area contributed by atoms with Crippen molar-refractivity contribution in [3.63, 3.8) is 0 Å². The number of allylic oxidation sites excluding steroid dienone is 1. The lowest BCUT2D eigenvalue weighted by atomic mass is 9.84. The van der Waals surface area contributed by atoms with E-state index in [0.29, 0.717) is 11.8 Å². The first-order chi connectivity index (χ1) is 12.8. The molecule has 138 valence electrons. The number of hydrazone groups is 1. The minimum absolute atomic E-state index is 0.0223. The fourth-order valence-corrected chi connectivity index (χ4v) is 9.18. The van der Waals surface area contributed by atoms with E-state index in [4.69, 9.17) is 5.10 Å². The summed E-state index contributed by atoms with van der Waals surface area (Å²) in [4.78, 5) is 12.8. The summed E-state index contributed by atoms with van der Waals surface area (Å²) in [6, 6.07) is 0.306. The highest BCUT2D eigenvalue weighted by Crippen LogP contribution is 2.67. The van der Waals surface area contributed by atoms with Crippen LogP contribution in [0.5, 0.6) is 0 Å². The van der Waals surface area contributed by atoms with Crippen LogP contribution >= 0.6 is 0 Å². The highest BCUT2D eigenvalue weighted by molar-refractivity contribution is 6.07.